The highest BCUT2D eigenvalue weighted by Gasteiger charge is 2.25. The number of hydrogen-bond acceptors (Lipinski definition) is 3. The maximum Gasteiger partial charge on any atom is 0.321 e. The van der Waals surface area contributed by atoms with E-state index in [2.05, 4.69) is 4.72 Å². The van der Waals surface area contributed by atoms with Gasteiger partial charge in [0, 0.05) is 0 Å². The van der Waals surface area contributed by atoms with Crippen molar-refractivity contribution in [2.75, 3.05) is 5.75 Å². The number of carbonyl (C=O) groups is 1. The number of nitrogens with one attached hydrogen (secondary N) is 1. The monoisotopic (exact) mass is 293 g/mol. The summed E-state index contributed by atoms with van der Waals surface area (Å²) in [6.45, 7) is 9.87. The van der Waals surface area contributed by atoms with E-state index in [9.17, 15) is 13.2 Å². The second kappa shape index (κ2) is 7.24. The molecule has 0 saturated heterocycles. The van der Waals surface area contributed by atoms with Gasteiger partial charge in [-0.25, -0.2) is 13.1 Å². The van der Waals surface area contributed by atoms with Gasteiger partial charge in [-0.1, -0.05) is 34.6 Å². The van der Waals surface area contributed by atoms with Crippen LogP contribution in [-0.4, -0.2) is 31.3 Å². The molecule has 5 nitrogen and oxygen atoms in total. The highest BCUT2D eigenvalue weighted by molar-refractivity contribution is 7.89. The van der Waals surface area contributed by atoms with Gasteiger partial charge >= 0.3 is 5.97 Å². The molecule has 0 aromatic carbocycles. The highest BCUT2D eigenvalue weighted by atomic mass is 32.2. The molecule has 0 aliphatic carbocycles. The van der Waals surface area contributed by atoms with Gasteiger partial charge in [-0.3, -0.25) is 4.79 Å². The van der Waals surface area contributed by atoms with E-state index in [-0.39, 0.29) is 17.1 Å². The zero-order chi connectivity index (χ0) is 15.3. The molecule has 0 fully saturated rings. The summed E-state index contributed by atoms with van der Waals surface area (Å²) in [5.74, 6) is -1.02. The molecule has 0 spiro atoms. The average molecular weight is 293 g/mol. The molecule has 0 saturated carbocycles. The van der Waals surface area contributed by atoms with Crippen LogP contribution < -0.4 is 4.72 Å². The maximum atomic E-state index is 11.8. The second-order valence-electron chi connectivity index (χ2n) is 6.62. The third-order valence-corrected chi connectivity index (χ3v) is 4.14. The Hall–Kier alpha value is -0.620. The van der Waals surface area contributed by atoms with Crippen LogP contribution >= 0.6 is 0 Å². The number of carboxylic acid groups (broad SMARTS) is 1. The Morgan fingerprint density at radius 3 is 2.16 bits per heavy atom. The van der Waals surface area contributed by atoms with Crippen molar-refractivity contribution in [2.24, 2.45) is 11.3 Å². The molecule has 0 bridgehead atoms. The van der Waals surface area contributed by atoms with Crippen molar-refractivity contribution in [3.05, 3.63) is 0 Å². The molecule has 19 heavy (non-hydrogen) atoms. The molecule has 0 heterocycles. The summed E-state index contributed by atoms with van der Waals surface area (Å²) < 4.78 is 26.0. The topological polar surface area (TPSA) is 83.5 Å². The number of sulfonamides is 1. The van der Waals surface area contributed by atoms with Crippen molar-refractivity contribution >= 4 is 16.0 Å². The summed E-state index contributed by atoms with van der Waals surface area (Å²) in [6, 6.07) is -1.03. The molecular weight excluding hydrogens is 266 g/mol. The first-order valence-corrected chi connectivity index (χ1v) is 8.31. The van der Waals surface area contributed by atoms with E-state index in [1.165, 1.54) is 0 Å². The molecule has 0 aliphatic heterocycles. The normalized spacial score (nSPS) is 14.6. The Morgan fingerprint density at radius 1 is 1.26 bits per heavy atom. The smallest absolute Gasteiger partial charge is 0.321 e. The van der Waals surface area contributed by atoms with E-state index in [1.54, 1.807) is 0 Å². The van der Waals surface area contributed by atoms with Crippen molar-refractivity contribution < 1.29 is 18.3 Å². The van der Waals surface area contributed by atoms with E-state index in [0.29, 0.717) is 12.8 Å². The summed E-state index contributed by atoms with van der Waals surface area (Å²) in [5.41, 5.74) is 0.0830. The molecule has 1 atom stereocenters. The standard InChI is InChI=1S/C13H27NO4S/c1-10(2)9-11(12(15)16)14-19(17,18)8-6-7-13(3,4)5/h10-11,14H,6-9H2,1-5H3,(H,15,16). The van der Waals surface area contributed by atoms with Crippen LogP contribution in [0.15, 0.2) is 0 Å². The highest BCUT2D eigenvalue weighted by Crippen LogP contribution is 2.20. The second-order valence-corrected chi connectivity index (χ2v) is 8.49. The molecular formula is C13H27NO4S. The lowest BCUT2D eigenvalue weighted by Gasteiger charge is -2.19. The van der Waals surface area contributed by atoms with Gasteiger partial charge in [0.25, 0.3) is 0 Å². The SMILES string of the molecule is CC(C)CC(NS(=O)(=O)CCCC(C)(C)C)C(=O)O. The first kappa shape index (κ1) is 18.4. The van der Waals surface area contributed by atoms with Crippen LogP contribution in [0.5, 0.6) is 0 Å². The zero-order valence-corrected chi connectivity index (χ0v) is 13.4. The third kappa shape index (κ3) is 9.90. The Bertz CT molecular complexity index is 382. The minimum absolute atomic E-state index is 0.0217. The van der Waals surface area contributed by atoms with E-state index in [0.717, 1.165) is 6.42 Å². The molecule has 1 unspecified atom stereocenters. The van der Waals surface area contributed by atoms with E-state index >= 15 is 0 Å². The zero-order valence-electron chi connectivity index (χ0n) is 12.6. The van der Waals surface area contributed by atoms with Crippen molar-refractivity contribution in [1.82, 2.24) is 4.72 Å². The van der Waals surface area contributed by atoms with Gasteiger partial charge in [-0.2, -0.15) is 0 Å². The molecule has 0 amide bonds. The summed E-state index contributed by atoms with van der Waals surface area (Å²) in [5, 5.41) is 9.01. The molecule has 6 heteroatoms. The molecule has 0 rings (SSSR count). The van der Waals surface area contributed by atoms with Crippen LogP contribution in [0.2, 0.25) is 0 Å². The summed E-state index contributed by atoms with van der Waals surface area (Å²) in [4.78, 5) is 11.0. The van der Waals surface area contributed by atoms with E-state index < -0.39 is 22.0 Å². The van der Waals surface area contributed by atoms with Crippen LogP contribution in [0.25, 0.3) is 0 Å². The fourth-order valence-electron chi connectivity index (χ4n) is 1.74. The van der Waals surface area contributed by atoms with Crippen molar-refractivity contribution in [2.45, 2.75) is 59.9 Å². The molecule has 114 valence electrons. The Labute approximate surface area is 116 Å². The number of aliphatic carboxylic acids is 1. The first-order chi connectivity index (χ1) is 8.43. The van der Waals surface area contributed by atoms with Gasteiger partial charge in [0.1, 0.15) is 6.04 Å². The first-order valence-electron chi connectivity index (χ1n) is 6.66. The van der Waals surface area contributed by atoms with Crippen molar-refractivity contribution in [3.8, 4) is 0 Å². The summed E-state index contributed by atoms with van der Waals surface area (Å²) in [6.07, 6.45) is 1.62. The van der Waals surface area contributed by atoms with Gasteiger partial charge in [-0.15, -0.1) is 0 Å². The summed E-state index contributed by atoms with van der Waals surface area (Å²) in [7, 11) is -3.52. The quantitative estimate of drug-likeness (QED) is 0.719. The van der Waals surface area contributed by atoms with Crippen LogP contribution in [-0.2, 0) is 14.8 Å². The minimum Gasteiger partial charge on any atom is -0.480 e. The van der Waals surface area contributed by atoms with Crippen LogP contribution in [0.1, 0.15) is 53.9 Å². The third-order valence-electron chi connectivity index (χ3n) is 2.67. The Morgan fingerprint density at radius 2 is 1.79 bits per heavy atom. The Balaban J connectivity index is 4.44. The van der Waals surface area contributed by atoms with Crippen molar-refractivity contribution in [1.29, 1.82) is 0 Å². The number of carboxylic acids is 1. The Kier molecular flexibility index (Phi) is 7.00. The van der Waals surface area contributed by atoms with E-state index in [1.807, 2.05) is 34.6 Å². The number of rotatable bonds is 8. The molecule has 2 N–H and O–H groups in total. The fourth-order valence-corrected chi connectivity index (χ4v) is 3.01. The van der Waals surface area contributed by atoms with Crippen LogP contribution in [0.3, 0.4) is 0 Å². The molecule has 0 radical (unpaired) electrons. The lowest BCUT2D eigenvalue weighted by molar-refractivity contribution is -0.139. The van der Waals surface area contributed by atoms with Crippen LogP contribution in [0, 0.1) is 11.3 Å². The largest absolute Gasteiger partial charge is 0.480 e. The van der Waals surface area contributed by atoms with Gasteiger partial charge < -0.3 is 5.11 Å². The lowest BCUT2D eigenvalue weighted by atomic mass is 9.91. The van der Waals surface area contributed by atoms with Crippen molar-refractivity contribution in [3.63, 3.8) is 0 Å². The van der Waals surface area contributed by atoms with Gasteiger partial charge in [0.2, 0.25) is 10.0 Å². The predicted octanol–water partition coefficient (Wildman–Crippen LogP) is 2.23. The lowest BCUT2D eigenvalue weighted by Crippen LogP contribution is -2.42. The van der Waals surface area contributed by atoms with Gasteiger partial charge in [0.05, 0.1) is 5.75 Å². The average Bonchev–Trinajstić information content (AvgIpc) is 2.12. The fraction of sp³-hybridized carbons (Fsp3) is 0.923. The molecule has 0 aromatic rings. The van der Waals surface area contributed by atoms with Gasteiger partial charge in [-0.05, 0) is 30.6 Å². The minimum atomic E-state index is -3.52. The van der Waals surface area contributed by atoms with Gasteiger partial charge in [0.15, 0.2) is 0 Å². The van der Waals surface area contributed by atoms with Crippen LogP contribution in [0.4, 0.5) is 0 Å². The van der Waals surface area contributed by atoms with E-state index in [4.69, 9.17) is 5.11 Å². The molecule has 0 aliphatic rings. The summed E-state index contributed by atoms with van der Waals surface area (Å²) >= 11 is 0. The number of hydrogen-bond donors (Lipinski definition) is 2. The molecule has 0 aromatic heterocycles. The maximum absolute atomic E-state index is 11.8. The predicted molar refractivity (Wildman–Crippen MR) is 76.5 cm³/mol.